The molecule has 0 radical (unpaired) electrons. The smallest absolute Gasteiger partial charge is 0.335 e. The van der Waals surface area contributed by atoms with E-state index in [0.717, 1.165) is 6.07 Å². The first kappa shape index (κ1) is 15.4. The molecule has 100 valence electrons. The fraction of sp³-hybridized carbons (Fsp3) is 0.125. The summed E-state index contributed by atoms with van der Waals surface area (Å²) in [7, 11) is -5.95. The van der Waals surface area contributed by atoms with E-state index < -0.39 is 21.6 Å². The van der Waals surface area contributed by atoms with Gasteiger partial charge in [0.15, 0.2) is 0 Å². The number of carbonyl (C=O) groups excluding carboxylic acids is 1. The number of rotatable bonds is 2. The van der Waals surface area contributed by atoms with Gasteiger partial charge in [0.05, 0.1) is 5.56 Å². The van der Waals surface area contributed by atoms with Gasteiger partial charge in [-0.3, -0.25) is 0 Å². The standard InChI is InChI=1S/C8H3Br2F3O4S/c9-4-1-2-5(6(10)3-4)7(14)17-18(15,16)8(11,12)13/h1-3H. The van der Waals surface area contributed by atoms with Crippen LogP contribution in [0.1, 0.15) is 10.4 Å². The van der Waals surface area contributed by atoms with Crippen molar-refractivity contribution in [3.05, 3.63) is 32.7 Å². The van der Waals surface area contributed by atoms with Crippen LogP contribution < -0.4 is 0 Å². The van der Waals surface area contributed by atoms with E-state index in [0.29, 0.717) is 4.47 Å². The van der Waals surface area contributed by atoms with Gasteiger partial charge in [-0.15, -0.1) is 0 Å². The molecule has 0 unspecified atom stereocenters. The lowest BCUT2D eigenvalue weighted by Crippen LogP contribution is -2.28. The SMILES string of the molecule is O=C(OS(=O)(=O)C(F)(F)F)c1ccc(Br)cc1Br. The van der Waals surface area contributed by atoms with E-state index in [1.165, 1.54) is 12.1 Å². The molecule has 0 N–H and O–H groups in total. The summed E-state index contributed by atoms with van der Waals surface area (Å²) in [6.07, 6.45) is 0. The Bertz CT molecular complexity index is 582. The second-order valence-corrected chi connectivity index (χ2v) is 6.20. The molecular weight excluding hydrogens is 409 g/mol. The molecule has 1 aromatic carbocycles. The quantitative estimate of drug-likeness (QED) is 0.553. The third-order valence-corrected chi connectivity index (χ3v) is 3.71. The van der Waals surface area contributed by atoms with Crippen molar-refractivity contribution in [3.8, 4) is 0 Å². The van der Waals surface area contributed by atoms with Gasteiger partial charge in [-0.25, -0.2) is 4.79 Å². The summed E-state index contributed by atoms with van der Waals surface area (Å²) in [6.45, 7) is 0. The number of hydrogen-bond donors (Lipinski definition) is 0. The minimum absolute atomic E-state index is 0.0965. The molecule has 0 aromatic heterocycles. The first-order valence-electron chi connectivity index (χ1n) is 4.05. The second kappa shape index (κ2) is 5.17. The van der Waals surface area contributed by atoms with Crippen molar-refractivity contribution >= 4 is 47.9 Å². The summed E-state index contributed by atoms with van der Waals surface area (Å²) in [4.78, 5) is 11.3. The number of alkyl halides is 3. The number of benzene rings is 1. The molecule has 10 heteroatoms. The van der Waals surface area contributed by atoms with Crippen LogP contribution in [0.3, 0.4) is 0 Å². The average molecular weight is 412 g/mol. The first-order chi connectivity index (χ1) is 8.04. The summed E-state index contributed by atoms with van der Waals surface area (Å²) in [5.41, 5.74) is -5.99. The lowest BCUT2D eigenvalue weighted by Gasteiger charge is -2.09. The third-order valence-electron chi connectivity index (χ3n) is 1.62. The highest BCUT2D eigenvalue weighted by Crippen LogP contribution is 2.28. The molecule has 0 bridgehead atoms. The van der Waals surface area contributed by atoms with Gasteiger partial charge in [-0.2, -0.15) is 21.6 Å². The maximum atomic E-state index is 12.0. The van der Waals surface area contributed by atoms with Crippen molar-refractivity contribution in [1.29, 1.82) is 0 Å². The summed E-state index contributed by atoms with van der Waals surface area (Å²) >= 11 is 5.96. The molecule has 0 spiro atoms. The highest BCUT2D eigenvalue weighted by molar-refractivity contribution is 9.11. The van der Waals surface area contributed by atoms with Gasteiger partial charge in [0, 0.05) is 8.95 Å². The van der Waals surface area contributed by atoms with Crippen LogP contribution in [0, 0.1) is 0 Å². The second-order valence-electron chi connectivity index (χ2n) is 2.89. The van der Waals surface area contributed by atoms with Crippen LogP contribution in [0.15, 0.2) is 27.1 Å². The molecular formula is C8H3Br2F3O4S. The van der Waals surface area contributed by atoms with Gasteiger partial charge in [-0.1, -0.05) is 15.9 Å². The molecule has 0 saturated carbocycles. The van der Waals surface area contributed by atoms with E-state index in [4.69, 9.17) is 0 Å². The van der Waals surface area contributed by atoms with Crippen LogP contribution in [-0.2, 0) is 14.3 Å². The Morgan fingerprint density at radius 1 is 1.22 bits per heavy atom. The Balaban J connectivity index is 3.04. The van der Waals surface area contributed by atoms with Crippen LogP contribution in [0.5, 0.6) is 0 Å². The van der Waals surface area contributed by atoms with Crippen LogP contribution >= 0.6 is 31.9 Å². The van der Waals surface area contributed by atoms with E-state index in [2.05, 4.69) is 36.0 Å². The minimum atomic E-state index is -5.95. The lowest BCUT2D eigenvalue weighted by molar-refractivity contribution is -0.0525. The summed E-state index contributed by atoms with van der Waals surface area (Å²) < 4.78 is 61.3. The molecule has 1 aromatic rings. The predicted octanol–water partition coefficient (Wildman–Crippen LogP) is 3.22. The summed E-state index contributed by atoms with van der Waals surface area (Å²) in [5, 5.41) is 0. The maximum Gasteiger partial charge on any atom is 0.534 e. The van der Waals surface area contributed by atoms with E-state index in [1.807, 2.05) is 0 Å². The van der Waals surface area contributed by atoms with Gasteiger partial charge in [0.2, 0.25) is 0 Å². The summed E-state index contributed by atoms with van der Waals surface area (Å²) in [5.74, 6) is -1.62. The van der Waals surface area contributed by atoms with Crippen molar-refractivity contribution in [2.75, 3.05) is 0 Å². The molecule has 1 rings (SSSR count). The Morgan fingerprint density at radius 2 is 1.78 bits per heavy atom. The molecule has 18 heavy (non-hydrogen) atoms. The molecule has 0 heterocycles. The van der Waals surface area contributed by atoms with Gasteiger partial charge < -0.3 is 4.18 Å². The monoisotopic (exact) mass is 410 g/mol. The van der Waals surface area contributed by atoms with Gasteiger partial charge >= 0.3 is 21.6 Å². The van der Waals surface area contributed by atoms with Crippen LogP contribution in [0.2, 0.25) is 0 Å². The Kier molecular flexibility index (Phi) is 4.44. The molecule has 0 atom stereocenters. The van der Waals surface area contributed by atoms with E-state index in [9.17, 15) is 26.4 Å². The van der Waals surface area contributed by atoms with Crippen LogP contribution in [0.25, 0.3) is 0 Å². The number of halogens is 5. The fourth-order valence-electron chi connectivity index (χ4n) is 0.847. The number of carbonyl (C=O) groups is 1. The maximum absolute atomic E-state index is 12.0. The zero-order valence-corrected chi connectivity index (χ0v) is 12.2. The first-order valence-corrected chi connectivity index (χ1v) is 7.04. The molecule has 0 aliphatic heterocycles. The topological polar surface area (TPSA) is 60.4 Å². The predicted molar refractivity (Wildman–Crippen MR) is 62.2 cm³/mol. The Hall–Kier alpha value is -0.610. The van der Waals surface area contributed by atoms with E-state index >= 15 is 0 Å². The van der Waals surface area contributed by atoms with Crippen molar-refractivity contribution in [2.24, 2.45) is 0 Å². The molecule has 0 aliphatic carbocycles. The molecule has 0 amide bonds. The summed E-state index contributed by atoms with van der Waals surface area (Å²) in [6, 6.07) is 3.82. The largest absolute Gasteiger partial charge is 0.534 e. The number of hydrogen-bond acceptors (Lipinski definition) is 4. The highest BCUT2D eigenvalue weighted by atomic mass is 79.9. The van der Waals surface area contributed by atoms with Crippen molar-refractivity contribution in [1.82, 2.24) is 0 Å². The fourth-order valence-corrected chi connectivity index (χ4v) is 2.44. The van der Waals surface area contributed by atoms with Gasteiger partial charge in [0.1, 0.15) is 0 Å². The Morgan fingerprint density at radius 3 is 2.22 bits per heavy atom. The van der Waals surface area contributed by atoms with E-state index in [1.54, 1.807) is 0 Å². The Labute approximate surface area is 117 Å². The zero-order valence-electron chi connectivity index (χ0n) is 8.16. The zero-order chi connectivity index (χ0) is 14.1. The van der Waals surface area contributed by atoms with Gasteiger partial charge in [-0.05, 0) is 34.1 Å². The van der Waals surface area contributed by atoms with Crippen molar-refractivity contribution < 1.29 is 30.6 Å². The molecule has 0 fully saturated rings. The molecule has 4 nitrogen and oxygen atoms in total. The third kappa shape index (κ3) is 3.45. The van der Waals surface area contributed by atoms with Gasteiger partial charge in [0.25, 0.3) is 0 Å². The van der Waals surface area contributed by atoms with Crippen molar-refractivity contribution in [3.63, 3.8) is 0 Å². The van der Waals surface area contributed by atoms with Crippen LogP contribution in [-0.4, -0.2) is 19.9 Å². The van der Waals surface area contributed by atoms with Crippen LogP contribution in [0.4, 0.5) is 13.2 Å². The molecule has 0 saturated heterocycles. The normalized spacial score (nSPS) is 12.3. The lowest BCUT2D eigenvalue weighted by atomic mass is 10.2. The minimum Gasteiger partial charge on any atom is -0.335 e. The molecule has 0 aliphatic rings. The highest BCUT2D eigenvalue weighted by Gasteiger charge is 2.49. The van der Waals surface area contributed by atoms with Crippen molar-refractivity contribution in [2.45, 2.75) is 5.51 Å². The average Bonchev–Trinajstić information content (AvgIpc) is 2.14. The van der Waals surface area contributed by atoms with E-state index in [-0.39, 0.29) is 10.0 Å².